The average Bonchev–Trinajstić information content (AvgIpc) is 3.81. The molecule has 13 nitrogen and oxygen atoms in total. The number of nitrogens with one attached hydrogen (secondary N) is 2. The molecule has 4 aliphatic rings. The number of carboxylic acids is 1. The summed E-state index contributed by atoms with van der Waals surface area (Å²) in [6.45, 7) is 3.12. The van der Waals surface area contributed by atoms with Crippen LogP contribution in [0.4, 0.5) is 5.69 Å². The molecule has 1 saturated heterocycles. The summed E-state index contributed by atoms with van der Waals surface area (Å²) in [5, 5.41) is 13.0. The van der Waals surface area contributed by atoms with Crippen molar-refractivity contribution >= 4 is 35.0 Å². The fraction of sp³-hybridized carbons (Fsp3) is 0.364. The third kappa shape index (κ3) is 5.48. The van der Waals surface area contributed by atoms with Gasteiger partial charge < -0.3 is 44.8 Å². The highest BCUT2D eigenvalue weighted by atomic mass is 35.5. The maximum Gasteiger partial charge on any atom is 0.341 e. The van der Waals surface area contributed by atoms with E-state index in [0.29, 0.717) is 58.5 Å². The molecule has 1 aromatic heterocycles. The van der Waals surface area contributed by atoms with Gasteiger partial charge in [0.2, 0.25) is 13.6 Å². The summed E-state index contributed by atoms with van der Waals surface area (Å²) in [6, 6.07) is 11.5. The minimum absolute atomic E-state index is 0. The molecule has 0 radical (unpaired) electrons. The second kappa shape index (κ2) is 12.7. The number of aromatic nitrogens is 2. The summed E-state index contributed by atoms with van der Waals surface area (Å²) in [7, 11) is 1.72. The number of fused-ring (bicyclic) bond motifs is 7. The first-order valence-corrected chi connectivity index (χ1v) is 15.1. The quantitative estimate of drug-likeness (QED) is 0.229. The maximum absolute atomic E-state index is 13.2. The summed E-state index contributed by atoms with van der Waals surface area (Å²) < 4.78 is 27.9. The van der Waals surface area contributed by atoms with Crippen LogP contribution in [0, 0.1) is 12.8 Å². The summed E-state index contributed by atoms with van der Waals surface area (Å²) in [4.78, 5) is 39.7. The van der Waals surface area contributed by atoms with Crippen molar-refractivity contribution in [2.24, 2.45) is 5.92 Å². The number of nitrogen functional groups attached to an aromatic ring is 1. The number of methoxy groups -OCH3 is 1. The van der Waals surface area contributed by atoms with Crippen molar-refractivity contribution in [1.29, 1.82) is 0 Å². The molecular formula is C33H35ClN4O9. The smallest absolute Gasteiger partial charge is 0.341 e. The number of hydrogen-bond acceptors (Lipinski definition) is 10. The molecule has 3 atom stereocenters. The van der Waals surface area contributed by atoms with Crippen molar-refractivity contribution in [3.63, 3.8) is 0 Å². The SMILES string of the molecule is COc1cccc2c1CC[C@H]1CNC(CCn3c(=O)[nH]c4ccc5c(c4c3=O)OCO5)[C@@H]21.Cc1cc2c(c(C(=O)O)c1N)OCO2.Cl. The normalized spacial score (nSPS) is 19.7. The Labute approximate surface area is 274 Å². The van der Waals surface area contributed by atoms with Crippen molar-refractivity contribution in [1.82, 2.24) is 14.9 Å². The van der Waals surface area contributed by atoms with E-state index in [1.807, 2.05) is 6.07 Å². The van der Waals surface area contributed by atoms with E-state index in [1.165, 1.54) is 15.7 Å². The first-order chi connectivity index (χ1) is 22.3. The van der Waals surface area contributed by atoms with Crippen LogP contribution in [0.1, 0.15) is 45.8 Å². The second-order valence-corrected chi connectivity index (χ2v) is 11.8. The van der Waals surface area contributed by atoms with Crippen molar-refractivity contribution < 1.29 is 33.6 Å². The van der Waals surface area contributed by atoms with Gasteiger partial charge in [-0.1, -0.05) is 12.1 Å². The van der Waals surface area contributed by atoms with Gasteiger partial charge in [-0.25, -0.2) is 9.59 Å². The van der Waals surface area contributed by atoms with Gasteiger partial charge in [0.05, 0.1) is 18.3 Å². The summed E-state index contributed by atoms with van der Waals surface area (Å²) in [5.41, 5.74) is 8.87. The maximum atomic E-state index is 13.2. The summed E-state index contributed by atoms with van der Waals surface area (Å²) in [6.07, 6.45) is 2.81. The Balaban J connectivity index is 0.000000217. The third-order valence-electron chi connectivity index (χ3n) is 9.37. The van der Waals surface area contributed by atoms with Gasteiger partial charge in [0.1, 0.15) is 16.7 Å². The zero-order chi connectivity index (χ0) is 32.1. The van der Waals surface area contributed by atoms with Gasteiger partial charge in [-0.15, -0.1) is 12.4 Å². The average molecular weight is 667 g/mol. The lowest BCUT2D eigenvalue weighted by Crippen LogP contribution is -2.38. The van der Waals surface area contributed by atoms with Gasteiger partial charge in [0.15, 0.2) is 23.0 Å². The lowest BCUT2D eigenvalue weighted by atomic mass is 9.73. The van der Waals surface area contributed by atoms with E-state index in [-0.39, 0.29) is 54.6 Å². The molecule has 14 heteroatoms. The standard InChI is InChI=1S/C24H25N3O5.C9H9NO4.ClH/c1-30-18-4-2-3-15-14(18)6-5-13-11-25-16(20(13)15)9-10-27-23(28)21-17(26-24(27)29)7-8-19-22(21)32-12-31-19;1-4-2-5-8(14-3-13-5)6(7(4)10)9(11)12;/h2-4,7-8,13,16,20,25H,5-6,9-12H2,1H3,(H,26,29);2H,3,10H2,1H3,(H,11,12);1H/t13-,16?,20+;;/m0../s1. The molecule has 4 heterocycles. The molecule has 5 N–H and O–H groups in total. The van der Waals surface area contributed by atoms with Crippen LogP contribution >= 0.6 is 12.4 Å². The van der Waals surface area contributed by atoms with Gasteiger partial charge in [0.25, 0.3) is 5.56 Å². The Morgan fingerprint density at radius 3 is 2.62 bits per heavy atom. The van der Waals surface area contributed by atoms with Gasteiger partial charge >= 0.3 is 11.7 Å². The number of nitrogens with two attached hydrogens (primary N) is 1. The van der Waals surface area contributed by atoms with Gasteiger partial charge in [-0.05, 0) is 79.6 Å². The number of nitrogens with zero attached hydrogens (tertiary/aromatic N) is 1. The number of carbonyl (C=O) groups is 1. The minimum atomic E-state index is -1.10. The lowest BCUT2D eigenvalue weighted by Gasteiger charge is -2.32. The van der Waals surface area contributed by atoms with Crippen LogP contribution in [0.15, 0.2) is 46.0 Å². The Bertz CT molecular complexity index is 1990. The first-order valence-electron chi connectivity index (χ1n) is 15.1. The largest absolute Gasteiger partial charge is 0.496 e. The lowest BCUT2D eigenvalue weighted by molar-refractivity contribution is 0.0693. The van der Waals surface area contributed by atoms with Crippen LogP contribution in [-0.4, -0.2) is 53.9 Å². The number of halogens is 1. The molecule has 0 saturated carbocycles. The summed E-state index contributed by atoms with van der Waals surface area (Å²) >= 11 is 0. The molecule has 3 aliphatic heterocycles. The number of rotatable bonds is 5. The number of H-pyrrole nitrogens is 1. The zero-order valence-corrected chi connectivity index (χ0v) is 26.6. The van der Waals surface area contributed by atoms with Crippen LogP contribution in [0.5, 0.6) is 28.7 Å². The van der Waals surface area contributed by atoms with Crippen molar-refractivity contribution in [2.75, 3.05) is 33.0 Å². The molecule has 0 spiro atoms. The third-order valence-corrected chi connectivity index (χ3v) is 9.37. The van der Waals surface area contributed by atoms with E-state index in [1.54, 1.807) is 32.2 Å². The highest BCUT2D eigenvalue weighted by Gasteiger charge is 2.40. The topological polar surface area (TPSA) is 176 Å². The van der Waals surface area contributed by atoms with E-state index >= 15 is 0 Å². The van der Waals surface area contributed by atoms with E-state index in [0.717, 1.165) is 25.1 Å². The second-order valence-electron chi connectivity index (χ2n) is 11.8. The number of anilines is 1. The molecule has 0 amide bonds. The number of aromatic carboxylic acids is 1. The van der Waals surface area contributed by atoms with Crippen molar-refractivity contribution in [3.05, 3.63) is 79.5 Å². The molecule has 4 aromatic rings. The van der Waals surface area contributed by atoms with Gasteiger partial charge in [-0.3, -0.25) is 9.36 Å². The minimum Gasteiger partial charge on any atom is -0.496 e. The number of aryl methyl sites for hydroxylation is 1. The van der Waals surface area contributed by atoms with Crippen molar-refractivity contribution in [2.45, 2.75) is 44.7 Å². The van der Waals surface area contributed by atoms with Crippen LogP contribution in [0.25, 0.3) is 10.9 Å². The number of aromatic amines is 1. The van der Waals surface area contributed by atoms with Gasteiger partial charge in [-0.2, -0.15) is 0 Å². The molecule has 1 aliphatic carbocycles. The molecule has 47 heavy (non-hydrogen) atoms. The van der Waals surface area contributed by atoms with Crippen LogP contribution in [0.3, 0.4) is 0 Å². The summed E-state index contributed by atoms with van der Waals surface area (Å²) in [5.74, 6) is 2.35. The van der Waals surface area contributed by atoms with Crippen LogP contribution in [0.2, 0.25) is 0 Å². The van der Waals surface area contributed by atoms with Crippen LogP contribution in [-0.2, 0) is 13.0 Å². The Hall–Kier alpha value is -4.88. The fourth-order valence-electron chi connectivity index (χ4n) is 7.17. The molecule has 3 aromatic carbocycles. The number of ether oxygens (including phenoxy) is 5. The number of hydrogen-bond donors (Lipinski definition) is 4. The molecule has 1 fully saturated rings. The number of carboxylic acid groups (broad SMARTS) is 1. The Morgan fingerprint density at radius 2 is 1.85 bits per heavy atom. The first kappa shape index (κ1) is 32.1. The Kier molecular flexibility index (Phi) is 8.68. The predicted octanol–water partition coefficient (Wildman–Crippen LogP) is 3.56. The molecule has 0 bridgehead atoms. The van der Waals surface area contributed by atoms with Crippen LogP contribution < -0.4 is 46.0 Å². The predicted molar refractivity (Wildman–Crippen MR) is 175 cm³/mol. The molecular weight excluding hydrogens is 632 g/mol. The molecule has 8 rings (SSSR count). The van der Waals surface area contributed by atoms with Gasteiger partial charge in [0, 0.05) is 18.5 Å². The fourth-order valence-corrected chi connectivity index (χ4v) is 7.17. The van der Waals surface area contributed by atoms with E-state index < -0.39 is 11.7 Å². The highest BCUT2D eigenvalue weighted by molar-refractivity contribution is 5.99. The Morgan fingerprint density at radius 1 is 1.09 bits per heavy atom. The van der Waals surface area contributed by atoms with E-state index in [2.05, 4.69) is 22.4 Å². The number of benzene rings is 3. The molecule has 248 valence electrons. The highest BCUT2D eigenvalue weighted by Crippen LogP contribution is 2.45. The van der Waals surface area contributed by atoms with E-state index in [9.17, 15) is 14.4 Å². The molecule has 1 unspecified atom stereocenters. The zero-order valence-electron chi connectivity index (χ0n) is 25.8. The van der Waals surface area contributed by atoms with E-state index in [4.69, 9.17) is 34.5 Å². The van der Waals surface area contributed by atoms with Crippen molar-refractivity contribution in [3.8, 4) is 28.7 Å². The monoisotopic (exact) mass is 666 g/mol.